The van der Waals surface area contributed by atoms with E-state index >= 15 is 0 Å². The zero-order chi connectivity index (χ0) is 29.0. The molecule has 0 bridgehead atoms. The van der Waals surface area contributed by atoms with E-state index in [1.54, 1.807) is 56.9 Å². The number of thiophene rings is 1. The van der Waals surface area contributed by atoms with E-state index in [1.807, 2.05) is 13.0 Å². The molecule has 0 saturated heterocycles. The first-order chi connectivity index (χ1) is 19.0. The minimum Gasteiger partial charge on any atom is -0.538 e. The van der Waals surface area contributed by atoms with Crippen LogP contribution in [-0.2, 0) is 27.2 Å². The van der Waals surface area contributed by atoms with Crippen molar-refractivity contribution in [1.82, 2.24) is 10.2 Å². The summed E-state index contributed by atoms with van der Waals surface area (Å²) in [5.41, 5.74) is 1.04. The van der Waals surface area contributed by atoms with E-state index in [0.717, 1.165) is 22.2 Å². The SMILES string of the molecule is CCOC(=O)c1c(NC(=O)C(CC)Sc2c([O-])on[n+]2-c2ccccc2)sc2c1CCN(C(=O)OC(C)(C)C)C2. The number of anilines is 1. The Labute approximate surface area is 240 Å². The number of fused-ring (bicyclic) bond motifs is 1. The molecule has 3 heterocycles. The van der Waals surface area contributed by atoms with Crippen LogP contribution in [-0.4, -0.2) is 52.1 Å². The van der Waals surface area contributed by atoms with E-state index in [4.69, 9.17) is 14.0 Å². The Bertz CT molecular complexity index is 1380. The first-order valence-corrected chi connectivity index (χ1v) is 14.6. The van der Waals surface area contributed by atoms with Crippen molar-refractivity contribution in [3.63, 3.8) is 0 Å². The number of thioether (sulfide) groups is 1. The Balaban J connectivity index is 1.58. The molecule has 1 unspecified atom stereocenters. The van der Waals surface area contributed by atoms with Crippen molar-refractivity contribution in [1.29, 1.82) is 0 Å². The Kier molecular flexibility index (Phi) is 9.04. The number of benzene rings is 1. The molecular formula is C27H32N4O7S2. The van der Waals surface area contributed by atoms with Crippen LogP contribution in [0.25, 0.3) is 5.69 Å². The molecule has 40 heavy (non-hydrogen) atoms. The minimum atomic E-state index is -0.686. The van der Waals surface area contributed by atoms with E-state index in [2.05, 4.69) is 10.6 Å². The molecule has 13 heteroatoms. The van der Waals surface area contributed by atoms with Gasteiger partial charge < -0.3 is 29.3 Å². The molecule has 0 fully saturated rings. The summed E-state index contributed by atoms with van der Waals surface area (Å²) < 4.78 is 17.1. The van der Waals surface area contributed by atoms with Gasteiger partial charge in [-0.2, -0.15) is 0 Å². The number of hydrogen-bond acceptors (Lipinski definition) is 10. The van der Waals surface area contributed by atoms with Crippen molar-refractivity contribution in [3.05, 3.63) is 46.3 Å². The lowest BCUT2D eigenvalue weighted by Crippen LogP contribution is -2.39. The number of nitrogens with zero attached hydrogens (tertiary/aromatic N) is 3. The van der Waals surface area contributed by atoms with Gasteiger partial charge in [-0.05, 0) is 62.5 Å². The van der Waals surface area contributed by atoms with Gasteiger partial charge in [-0.1, -0.05) is 25.1 Å². The van der Waals surface area contributed by atoms with E-state index < -0.39 is 28.9 Å². The molecule has 214 valence electrons. The van der Waals surface area contributed by atoms with Gasteiger partial charge >= 0.3 is 12.1 Å². The lowest BCUT2D eigenvalue weighted by molar-refractivity contribution is -0.705. The van der Waals surface area contributed by atoms with Crippen LogP contribution < -0.4 is 15.1 Å². The van der Waals surface area contributed by atoms with Crippen molar-refractivity contribution in [2.75, 3.05) is 18.5 Å². The molecule has 4 rings (SSSR count). The van der Waals surface area contributed by atoms with E-state index in [-0.39, 0.29) is 24.1 Å². The number of rotatable bonds is 8. The van der Waals surface area contributed by atoms with Gasteiger partial charge in [0.25, 0.3) is 5.03 Å². The first-order valence-electron chi connectivity index (χ1n) is 12.9. The summed E-state index contributed by atoms with van der Waals surface area (Å²) >= 11 is 2.27. The maximum Gasteiger partial charge on any atom is 0.410 e. The largest absolute Gasteiger partial charge is 0.538 e. The summed E-state index contributed by atoms with van der Waals surface area (Å²) in [4.78, 5) is 41.5. The molecule has 1 atom stereocenters. The molecular weight excluding hydrogens is 556 g/mol. The summed E-state index contributed by atoms with van der Waals surface area (Å²) in [6.07, 6.45) is 0.367. The maximum atomic E-state index is 13.5. The van der Waals surface area contributed by atoms with Crippen LogP contribution in [0.15, 0.2) is 39.9 Å². The summed E-state index contributed by atoms with van der Waals surface area (Å²) in [6, 6.07) is 9.00. The van der Waals surface area contributed by atoms with Gasteiger partial charge in [0, 0.05) is 23.6 Å². The molecule has 1 N–H and O–H groups in total. The Morgan fingerprint density at radius 1 is 1.25 bits per heavy atom. The summed E-state index contributed by atoms with van der Waals surface area (Å²) in [5, 5.41) is 19.0. The number of para-hydroxylation sites is 1. The number of amides is 2. The second-order valence-corrected chi connectivity index (χ2v) is 12.3. The summed E-state index contributed by atoms with van der Waals surface area (Å²) in [5.74, 6) is -1.58. The number of aromatic nitrogens is 2. The number of carbonyl (C=O) groups excluding carboxylic acids is 3. The average molecular weight is 589 g/mol. The average Bonchev–Trinajstić information content (AvgIpc) is 3.45. The fourth-order valence-corrected chi connectivity index (χ4v) is 6.34. The van der Waals surface area contributed by atoms with Gasteiger partial charge in [0.15, 0.2) is 5.95 Å². The van der Waals surface area contributed by atoms with Crippen LogP contribution in [0.4, 0.5) is 9.80 Å². The van der Waals surface area contributed by atoms with Crippen LogP contribution in [0.1, 0.15) is 61.8 Å². The Morgan fingerprint density at radius 2 is 1.98 bits per heavy atom. The molecule has 0 spiro atoms. The fourth-order valence-electron chi connectivity index (χ4n) is 4.11. The highest BCUT2D eigenvalue weighted by molar-refractivity contribution is 8.00. The van der Waals surface area contributed by atoms with Crippen molar-refractivity contribution >= 4 is 46.1 Å². The van der Waals surface area contributed by atoms with E-state index in [0.29, 0.717) is 35.6 Å². The van der Waals surface area contributed by atoms with Crippen molar-refractivity contribution in [3.8, 4) is 11.6 Å². The van der Waals surface area contributed by atoms with Gasteiger partial charge in [-0.3, -0.25) is 4.79 Å². The lowest BCUT2D eigenvalue weighted by atomic mass is 10.0. The second-order valence-electron chi connectivity index (χ2n) is 10.00. The third kappa shape index (κ3) is 6.58. The minimum absolute atomic E-state index is 0.164. The van der Waals surface area contributed by atoms with Crippen molar-refractivity contribution in [2.24, 2.45) is 0 Å². The van der Waals surface area contributed by atoms with E-state index in [9.17, 15) is 19.5 Å². The van der Waals surface area contributed by atoms with Crippen molar-refractivity contribution in [2.45, 2.75) is 69.9 Å². The molecule has 3 aromatic rings. The molecule has 11 nitrogen and oxygen atoms in total. The third-order valence-corrected chi connectivity index (χ3v) is 8.44. The quantitative estimate of drug-likeness (QED) is 0.234. The van der Waals surface area contributed by atoms with E-state index in [1.165, 1.54) is 16.0 Å². The summed E-state index contributed by atoms with van der Waals surface area (Å²) in [6.45, 7) is 9.74. The van der Waals surface area contributed by atoms with Crippen molar-refractivity contribution < 1.29 is 38.2 Å². The Morgan fingerprint density at radius 3 is 2.62 bits per heavy atom. The number of esters is 1. The van der Waals surface area contributed by atoms with Gasteiger partial charge in [-0.25, -0.2) is 9.59 Å². The van der Waals surface area contributed by atoms with Crippen LogP contribution in [0.2, 0.25) is 0 Å². The molecule has 0 saturated carbocycles. The number of carbonyl (C=O) groups is 3. The smallest absolute Gasteiger partial charge is 0.410 e. The molecule has 0 radical (unpaired) electrons. The van der Waals surface area contributed by atoms with Crippen LogP contribution in [0.5, 0.6) is 5.95 Å². The lowest BCUT2D eigenvalue weighted by Gasteiger charge is -2.30. The molecule has 2 aromatic heterocycles. The second kappa shape index (κ2) is 12.3. The third-order valence-electron chi connectivity index (χ3n) is 5.92. The number of nitrogens with one attached hydrogen (secondary N) is 1. The van der Waals surface area contributed by atoms with Crippen LogP contribution >= 0.6 is 23.1 Å². The normalized spacial score (nSPS) is 13.9. The van der Waals surface area contributed by atoms with Gasteiger partial charge in [0.1, 0.15) is 10.6 Å². The predicted octanol–water partition coefficient (Wildman–Crippen LogP) is 4.07. The number of hydrogen-bond donors (Lipinski definition) is 1. The van der Waals surface area contributed by atoms with Crippen LogP contribution in [0, 0.1) is 0 Å². The molecule has 0 aliphatic carbocycles. The predicted molar refractivity (Wildman–Crippen MR) is 147 cm³/mol. The maximum absolute atomic E-state index is 13.5. The Hall–Kier alpha value is -3.58. The topological polar surface area (TPSA) is 138 Å². The highest BCUT2D eigenvalue weighted by Crippen LogP contribution is 2.39. The highest BCUT2D eigenvalue weighted by atomic mass is 32.2. The zero-order valence-electron chi connectivity index (χ0n) is 23.0. The fraction of sp³-hybridized carbons (Fsp3) is 0.444. The molecule has 1 aliphatic heterocycles. The zero-order valence-corrected chi connectivity index (χ0v) is 24.6. The summed E-state index contributed by atoms with van der Waals surface area (Å²) in [7, 11) is 0. The first kappa shape index (κ1) is 29.4. The molecule has 1 aliphatic rings. The molecule has 1 aromatic carbocycles. The van der Waals surface area contributed by atoms with Gasteiger partial charge in [0.2, 0.25) is 11.6 Å². The molecule has 2 amide bonds. The monoisotopic (exact) mass is 588 g/mol. The van der Waals surface area contributed by atoms with Crippen LogP contribution in [0.3, 0.4) is 0 Å². The van der Waals surface area contributed by atoms with Gasteiger partial charge in [-0.15, -0.1) is 11.3 Å². The van der Waals surface area contributed by atoms with Gasteiger partial charge in [0.05, 0.1) is 29.2 Å². The number of ether oxygens (including phenoxy) is 2. The highest BCUT2D eigenvalue weighted by Gasteiger charge is 2.34. The standard InChI is InChI=1S/C27H32N4O7S2/c1-6-18(40-23-25(34)38-29-31(23)16-11-9-8-10-12-16)21(32)28-22-20(24(33)36-7-2)17-13-14-30(15-19(17)39-22)26(35)37-27(3,4)5/h8-12,18H,6-7,13-15H2,1-5H3,(H-,28,29,32,33,34).